The molecule has 2 N–H and O–H groups in total. The highest BCUT2D eigenvalue weighted by molar-refractivity contribution is 5.35. The zero-order valence-corrected chi connectivity index (χ0v) is 11.5. The van der Waals surface area contributed by atoms with Crippen molar-refractivity contribution < 1.29 is 4.74 Å². The minimum absolute atomic E-state index is 0.547. The highest BCUT2D eigenvalue weighted by Gasteiger charge is 2.17. The summed E-state index contributed by atoms with van der Waals surface area (Å²) in [5.41, 5.74) is 1.18. The molecule has 6 heteroatoms. The van der Waals surface area contributed by atoms with Crippen molar-refractivity contribution in [1.82, 2.24) is 20.1 Å². The average molecular weight is 273 g/mol. The molecule has 0 spiro atoms. The molecule has 2 aromatic rings. The van der Waals surface area contributed by atoms with Gasteiger partial charge in [0.1, 0.15) is 5.82 Å². The van der Waals surface area contributed by atoms with Gasteiger partial charge in [-0.15, -0.1) is 0 Å². The molecule has 0 saturated carbocycles. The number of hydrogen-bond donors (Lipinski definition) is 2. The predicted octanol–water partition coefficient (Wildman–Crippen LogP) is 1.12. The van der Waals surface area contributed by atoms with E-state index >= 15 is 0 Å². The summed E-state index contributed by atoms with van der Waals surface area (Å²) in [7, 11) is 1.63. The van der Waals surface area contributed by atoms with E-state index in [1.54, 1.807) is 13.3 Å². The summed E-state index contributed by atoms with van der Waals surface area (Å²) in [5, 5.41) is 11.2. The fourth-order valence-corrected chi connectivity index (χ4v) is 2.42. The highest BCUT2D eigenvalue weighted by atomic mass is 16.5. The third-order valence-corrected chi connectivity index (χ3v) is 3.49. The molecule has 0 fully saturated rings. The Balaban J connectivity index is 1.48. The SMILES string of the molecule is COc1cc(CNCC2CNc3ccnn3C2)ccn1. The van der Waals surface area contributed by atoms with E-state index in [1.165, 1.54) is 5.56 Å². The molecule has 1 atom stereocenters. The molecule has 1 aliphatic heterocycles. The zero-order chi connectivity index (χ0) is 13.8. The molecule has 0 aliphatic carbocycles. The molecule has 3 heterocycles. The Kier molecular flexibility index (Phi) is 3.83. The van der Waals surface area contributed by atoms with Gasteiger partial charge in [-0.05, 0) is 11.6 Å². The lowest BCUT2D eigenvalue weighted by atomic mass is 10.1. The summed E-state index contributed by atoms with van der Waals surface area (Å²) in [6.45, 7) is 3.72. The molecule has 0 amide bonds. The van der Waals surface area contributed by atoms with E-state index in [1.807, 2.05) is 29.1 Å². The Morgan fingerprint density at radius 3 is 3.30 bits per heavy atom. The number of anilines is 1. The minimum Gasteiger partial charge on any atom is -0.481 e. The van der Waals surface area contributed by atoms with Gasteiger partial charge in [-0.2, -0.15) is 5.10 Å². The number of ether oxygens (including phenoxy) is 1. The summed E-state index contributed by atoms with van der Waals surface area (Å²) in [6.07, 6.45) is 3.61. The summed E-state index contributed by atoms with van der Waals surface area (Å²) in [5.74, 6) is 2.32. The van der Waals surface area contributed by atoms with E-state index in [9.17, 15) is 0 Å². The third-order valence-electron chi connectivity index (χ3n) is 3.49. The number of pyridine rings is 1. The van der Waals surface area contributed by atoms with Gasteiger partial charge in [0.05, 0.1) is 13.3 Å². The molecule has 1 aliphatic rings. The Hall–Kier alpha value is -2.08. The van der Waals surface area contributed by atoms with E-state index in [0.717, 1.165) is 32.0 Å². The first kappa shape index (κ1) is 12.9. The van der Waals surface area contributed by atoms with Crippen LogP contribution >= 0.6 is 0 Å². The smallest absolute Gasteiger partial charge is 0.213 e. The summed E-state index contributed by atoms with van der Waals surface area (Å²) >= 11 is 0. The molecule has 0 bridgehead atoms. The average Bonchev–Trinajstić information content (AvgIpc) is 2.95. The molecule has 106 valence electrons. The van der Waals surface area contributed by atoms with Crippen molar-refractivity contribution in [2.45, 2.75) is 13.1 Å². The molecule has 6 nitrogen and oxygen atoms in total. The van der Waals surface area contributed by atoms with Gasteiger partial charge in [0.25, 0.3) is 0 Å². The van der Waals surface area contributed by atoms with Crippen LogP contribution in [-0.2, 0) is 13.1 Å². The first-order chi connectivity index (χ1) is 9.85. The largest absolute Gasteiger partial charge is 0.481 e. The molecule has 0 radical (unpaired) electrons. The van der Waals surface area contributed by atoms with E-state index in [0.29, 0.717) is 11.8 Å². The van der Waals surface area contributed by atoms with Crippen molar-refractivity contribution in [2.24, 2.45) is 5.92 Å². The van der Waals surface area contributed by atoms with Crippen LogP contribution in [0.5, 0.6) is 5.88 Å². The molecule has 1 unspecified atom stereocenters. The Labute approximate surface area is 118 Å². The molecular weight excluding hydrogens is 254 g/mol. The van der Waals surface area contributed by atoms with Gasteiger partial charge in [-0.25, -0.2) is 9.67 Å². The molecule has 2 aromatic heterocycles. The summed E-state index contributed by atoms with van der Waals surface area (Å²) < 4.78 is 7.14. The van der Waals surface area contributed by atoms with Gasteiger partial charge in [0.15, 0.2) is 0 Å². The van der Waals surface area contributed by atoms with Crippen LogP contribution in [0, 0.1) is 5.92 Å². The van der Waals surface area contributed by atoms with Gasteiger partial charge in [0, 0.05) is 50.4 Å². The van der Waals surface area contributed by atoms with Crippen molar-refractivity contribution in [1.29, 1.82) is 0 Å². The Morgan fingerprint density at radius 2 is 2.40 bits per heavy atom. The van der Waals surface area contributed by atoms with E-state index < -0.39 is 0 Å². The Bertz CT molecular complexity index is 568. The van der Waals surface area contributed by atoms with Crippen LogP contribution in [0.1, 0.15) is 5.56 Å². The first-order valence-corrected chi connectivity index (χ1v) is 6.80. The molecular formula is C14H19N5O. The zero-order valence-electron chi connectivity index (χ0n) is 11.5. The molecule has 0 saturated heterocycles. The first-order valence-electron chi connectivity index (χ1n) is 6.80. The normalized spacial score (nSPS) is 17.4. The lowest BCUT2D eigenvalue weighted by Gasteiger charge is -2.25. The van der Waals surface area contributed by atoms with Gasteiger partial charge >= 0.3 is 0 Å². The van der Waals surface area contributed by atoms with E-state index in [2.05, 4.69) is 20.7 Å². The van der Waals surface area contributed by atoms with Crippen molar-refractivity contribution in [3.8, 4) is 5.88 Å². The number of fused-ring (bicyclic) bond motifs is 1. The molecule has 3 rings (SSSR count). The molecule has 0 aromatic carbocycles. The van der Waals surface area contributed by atoms with Crippen molar-refractivity contribution in [3.63, 3.8) is 0 Å². The van der Waals surface area contributed by atoms with E-state index in [4.69, 9.17) is 4.74 Å². The monoisotopic (exact) mass is 273 g/mol. The fraction of sp³-hybridized carbons (Fsp3) is 0.429. The lowest BCUT2D eigenvalue weighted by Crippen LogP contribution is -2.35. The second-order valence-corrected chi connectivity index (χ2v) is 4.98. The topological polar surface area (TPSA) is 64.0 Å². The number of rotatable bonds is 5. The van der Waals surface area contributed by atoms with Crippen molar-refractivity contribution in [2.75, 3.05) is 25.5 Å². The number of nitrogens with one attached hydrogen (secondary N) is 2. The minimum atomic E-state index is 0.547. The number of hydrogen-bond acceptors (Lipinski definition) is 5. The second kappa shape index (κ2) is 5.92. The van der Waals surface area contributed by atoms with Crippen LogP contribution in [0.15, 0.2) is 30.6 Å². The lowest BCUT2D eigenvalue weighted by molar-refractivity contribution is 0.388. The van der Waals surface area contributed by atoms with Crippen LogP contribution in [-0.4, -0.2) is 35.0 Å². The van der Waals surface area contributed by atoms with Crippen LogP contribution in [0.3, 0.4) is 0 Å². The number of aromatic nitrogens is 3. The van der Waals surface area contributed by atoms with Crippen LogP contribution in [0.2, 0.25) is 0 Å². The number of nitrogens with zero attached hydrogens (tertiary/aromatic N) is 3. The van der Waals surface area contributed by atoms with Gasteiger partial charge in [-0.1, -0.05) is 0 Å². The molecule has 20 heavy (non-hydrogen) atoms. The van der Waals surface area contributed by atoms with E-state index in [-0.39, 0.29) is 0 Å². The second-order valence-electron chi connectivity index (χ2n) is 4.98. The van der Waals surface area contributed by atoms with Crippen molar-refractivity contribution >= 4 is 5.82 Å². The predicted molar refractivity (Wildman–Crippen MR) is 76.7 cm³/mol. The van der Waals surface area contributed by atoms with Crippen molar-refractivity contribution in [3.05, 3.63) is 36.2 Å². The summed E-state index contributed by atoms with van der Waals surface area (Å²) in [6, 6.07) is 5.96. The Morgan fingerprint density at radius 1 is 1.45 bits per heavy atom. The standard InChI is InChI=1S/C14H19N5O/c1-20-14-6-11(2-4-16-14)7-15-8-12-9-17-13-3-5-18-19(13)10-12/h2-6,12,15,17H,7-10H2,1H3. The van der Waals surface area contributed by atoms with Crippen LogP contribution in [0.4, 0.5) is 5.82 Å². The maximum atomic E-state index is 5.12. The summed E-state index contributed by atoms with van der Waals surface area (Å²) in [4.78, 5) is 4.10. The van der Waals surface area contributed by atoms with Gasteiger partial charge in [-0.3, -0.25) is 0 Å². The number of methoxy groups -OCH3 is 1. The van der Waals surface area contributed by atoms with Gasteiger partial charge < -0.3 is 15.4 Å². The van der Waals surface area contributed by atoms with Crippen LogP contribution in [0.25, 0.3) is 0 Å². The maximum absolute atomic E-state index is 5.12. The third kappa shape index (κ3) is 2.91. The van der Waals surface area contributed by atoms with Crippen LogP contribution < -0.4 is 15.4 Å². The fourth-order valence-electron chi connectivity index (χ4n) is 2.42. The highest BCUT2D eigenvalue weighted by Crippen LogP contribution is 2.15. The van der Waals surface area contributed by atoms with Gasteiger partial charge in [0.2, 0.25) is 5.88 Å². The maximum Gasteiger partial charge on any atom is 0.213 e. The quantitative estimate of drug-likeness (QED) is 0.854.